The Morgan fingerprint density at radius 2 is 2.24 bits per heavy atom. The highest BCUT2D eigenvalue weighted by Gasteiger charge is 2.23. The van der Waals surface area contributed by atoms with Gasteiger partial charge >= 0.3 is 5.69 Å². The second kappa shape index (κ2) is 7.94. The van der Waals surface area contributed by atoms with E-state index in [1.165, 1.54) is 13.0 Å². The third-order valence-electron chi connectivity index (χ3n) is 2.66. The summed E-state index contributed by atoms with van der Waals surface area (Å²) in [4.78, 5) is 21.9. The van der Waals surface area contributed by atoms with Crippen LogP contribution in [0.2, 0.25) is 0 Å². The molecule has 0 aromatic heterocycles. The number of benzene rings is 1. The maximum Gasteiger partial charge on any atom is 0.312 e. The van der Waals surface area contributed by atoms with Crippen molar-refractivity contribution >= 4 is 27.5 Å². The minimum Gasteiger partial charge on any atom is -0.486 e. The van der Waals surface area contributed by atoms with Gasteiger partial charge in [0.15, 0.2) is 0 Å². The highest BCUT2D eigenvalue weighted by molar-refractivity contribution is 9.10. The molecule has 1 aromatic rings. The van der Waals surface area contributed by atoms with Gasteiger partial charge in [0.1, 0.15) is 0 Å². The third kappa shape index (κ3) is 4.98. The van der Waals surface area contributed by atoms with Crippen LogP contribution in [0.4, 0.5) is 5.69 Å². The topological polar surface area (TPSA) is 102 Å². The lowest BCUT2D eigenvalue weighted by molar-refractivity contribution is -0.386. The van der Waals surface area contributed by atoms with Crippen molar-refractivity contribution in [2.75, 3.05) is 13.2 Å². The molecule has 0 fully saturated rings. The number of hydrogen-bond acceptors (Lipinski definition) is 5. The maximum atomic E-state index is 11.3. The molecule has 2 N–H and O–H groups in total. The molecule has 1 aromatic carbocycles. The van der Waals surface area contributed by atoms with Gasteiger partial charge in [0.25, 0.3) is 0 Å². The molecule has 21 heavy (non-hydrogen) atoms. The van der Waals surface area contributed by atoms with E-state index >= 15 is 0 Å². The van der Waals surface area contributed by atoms with Crippen LogP contribution in [0, 0.1) is 10.1 Å². The van der Waals surface area contributed by atoms with Crippen LogP contribution in [0.5, 0.6) is 5.75 Å². The van der Waals surface area contributed by atoms with Crippen molar-refractivity contribution in [2.24, 2.45) is 0 Å². The zero-order chi connectivity index (χ0) is 16.0. The van der Waals surface area contributed by atoms with Gasteiger partial charge in [-0.05, 0) is 19.9 Å². The SMILES string of the molecule is CCNC(=O)CCOc1c([C@H](C)O)cc(Br)cc1[N+](=O)[O-]. The van der Waals surface area contributed by atoms with E-state index in [1.54, 1.807) is 13.0 Å². The predicted molar refractivity (Wildman–Crippen MR) is 80.2 cm³/mol. The Balaban J connectivity index is 2.97. The van der Waals surface area contributed by atoms with Crippen molar-refractivity contribution in [1.82, 2.24) is 5.32 Å². The van der Waals surface area contributed by atoms with Crippen LogP contribution in [0.15, 0.2) is 16.6 Å². The third-order valence-corrected chi connectivity index (χ3v) is 3.12. The first-order valence-electron chi connectivity index (χ1n) is 6.42. The van der Waals surface area contributed by atoms with E-state index in [0.717, 1.165) is 0 Å². The van der Waals surface area contributed by atoms with E-state index < -0.39 is 11.0 Å². The molecule has 0 bridgehead atoms. The summed E-state index contributed by atoms with van der Waals surface area (Å²) in [5.41, 5.74) is 0.0446. The van der Waals surface area contributed by atoms with Crippen LogP contribution >= 0.6 is 15.9 Å². The van der Waals surface area contributed by atoms with E-state index in [1.807, 2.05) is 0 Å². The normalized spacial score (nSPS) is 11.8. The Bertz CT molecular complexity index is 534. The van der Waals surface area contributed by atoms with Gasteiger partial charge in [0, 0.05) is 22.6 Å². The zero-order valence-electron chi connectivity index (χ0n) is 11.8. The number of carbonyl (C=O) groups excluding carboxylic acids is 1. The molecule has 1 atom stereocenters. The number of rotatable bonds is 7. The van der Waals surface area contributed by atoms with Gasteiger partial charge in [-0.2, -0.15) is 0 Å². The molecule has 0 spiro atoms. The Kier molecular flexibility index (Phi) is 6.57. The summed E-state index contributed by atoms with van der Waals surface area (Å²) in [6, 6.07) is 2.85. The molecule has 1 rings (SSSR count). The van der Waals surface area contributed by atoms with Crippen molar-refractivity contribution in [3.05, 3.63) is 32.3 Å². The van der Waals surface area contributed by atoms with E-state index in [9.17, 15) is 20.0 Å². The summed E-state index contributed by atoms with van der Waals surface area (Å²) in [6.07, 6.45) is -0.846. The quantitative estimate of drug-likeness (QED) is 0.573. The largest absolute Gasteiger partial charge is 0.486 e. The van der Waals surface area contributed by atoms with Crippen LogP contribution in [0.25, 0.3) is 0 Å². The molecule has 0 saturated carbocycles. The van der Waals surface area contributed by atoms with Gasteiger partial charge < -0.3 is 15.2 Å². The lowest BCUT2D eigenvalue weighted by atomic mass is 10.1. The van der Waals surface area contributed by atoms with E-state index in [0.29, 0.717) is 16.6 Å². The Morgan fingerprint density at radius 1 is 1.57 bits per heavy atom. The first kappa shape index (κ1) is 17.4. The number of ether oxygens (including phenoxy) is 1. The van der Waals surface area contributed by atoms with Gasteiger partial charge in [0.05, 0.1) is 24.1 Å². The number of nitrogens with zero attached hydrogens (tertiary/aromatic N) is 1. The molecule has 0 aliphatic heterocycles. The summed E-state index contributed by atoms with van der Waals surface area (Å²) in [6.45, 7) is 3.79. The lowest BCUT2D eigenvalue weighted by Crippen LogP contribution is -2.24. The molecule has 0 radical (unpaired) electrons. The smallest absolute Gasteiger partial charge is 0.312 e. The fourth-order valence-corrected chi connectivity index (χ4v) is 2.20. The van der Waals surface area contributed by atoms with Gasteiger partial charge in [-0.1, -0.05) is 15.9 Å². The minimum absolute atomic E-state index is 0.00593. The zero-order valence-corrected chi connectivity index (χ0v) is 13.3. The molecular weight excluding hydrogens is 344 g/mol. The number of carbonyl (C=O) groups is 1. The first-order chi connectivity index (χ1) is 9.86. The van der Waals surface area contributed by atoms with Crippen LogP contribution in [-0.4, -0.2) is 29.1 Å². The lowest BCUT2D eigenvalue weighted by Gasteiger charge is -2.14. The van der Waals surface area contributed by atoms with Gasteiger partial charge in [0.2, 0.25) is 11.7 Å². The molecule has 116 valence electrons. The van der Waals surface area contributed by atoms with Crippen molar-refractivity contribution in [1.29, 1.82) is 0 Å². The van der Waals surface area contributed by atoms with Crippen molar-refractivity contribution in [3.63, 3.8) is 0 Å². The van der Waals surface area contributed by atoms with Crippen LogP contribution in [0.3, 0.4) is 0 Å². The fraction of sp³-hybridized carbons (Fsp3) is 0.462. The molecule has 8 heteroatoms. The summed E-state index contributed by atoms with van der Waals surface area (Å²) < 4.78 is 5.85. The maximum absolute atomic E-state index is 11.3. The number of halogens is 1. The number of aliphatic hydroxyl groups excluding tert-OH is 1. The molecule has 0 heterocycles. The van der Waals surface area contributed by atoms with Crippen molar-refractivity contribution < 1.29 is 19.6 Å². The predicted octanol–water partition coefficient (Wildman–Crippen LogP) is 2.32. The van der Waals surface area contributed by atoms with Crippen molar-refractivity contribution in [2.45, 2.75) is 26.4 Å². The minimum atomic E-state index is -0.930. The van der Waals surface area contributed by atoms with Crippen molar-refractivity contribution in [3.8, 4) is 5.75 Å². The van der Waals surface area contributed by atoms with E-state index in [2.05, 4.69) is 21.2 Å². The average molecular weight is 361 g/mol. The second-order valence-electron chi connectivity index (χ2n) is 4.33. The first-order valence-corrected chi connectivity index (χ1v) is 7.21. The van der Waals surface area contributed by atoms with Crippen LogP contribution in [-0.2, 0) is 4.79 Å². The monoisotopic (exact) mass is 360 g/mol. The fourth-order valence-electron chi connectivity index (χ4n) is 1.73. The van der Waals surface area contributed by atoms with Gasteiger partial charge in [-0.3, -0.25) is 14.9 Å². The summed E-state index contributed by atoms with van der Waals surface area (Å²) in [7, 11) is 0. The van der Waals surface area contributed by atoms with E-state index in [4.69, 9.17) is 4.74 Å². The van der Waals surface area contributed by atoms with Gasteiger partial charge in [-0.15, -0.1) is 0 Å². The van der Waals surface area contributed by atoms with Crippen LogP contribution < -0.4 is 10.1 Å². The average Bonchev–Trinajstić information content (AvgIpc) is 2.39. The Morgan fingerprint density at radius 3 is 2.76 bits per heavy atom. The molecule has 1 amide bonds. The molecular formula is C13H17BrN2O5. The Labute approximate surface area is 130 Å². The standard InChI is InChI=1S/C13H17BrN2O5/c1-3-15-12(18)4-5-21-13-10(8(2)17)6-9(14)7-11(13)16(19)20/h6-8,17H,3-5H2,1-2H3,(H,15,18)/t8-/m0/s1. The molecule has 7 nitrogen and oxygen atoms in total. The number of amides is 1. The molecule has 0 unspecified atom stereocenters. The van der Waals surface area contributed by atoms with Gasteiger partial charge in [-0.25, -0.2) is 0 Å². The molecule has 0 aliphatic rings. The highest BCUT2D eigenvalue weighted by Crippen LogP contribution is 2.37. The Hall–Kier alpha value is -1.67. The van der Waals surface area contributed by atoms with E-state index in [-0.39, 0.29) is 30.4 Å². The molecule has 0 saturated heterocycles. The molecule has 0 aliphatic carbocycles. The summed E-state index contributed by atoms with van der Waals surface area (Å²) in [5.74, 6) is -0.210. The summed E-state index contributed by atoms with van der Waals surface area (Å²) in [5, 5.41) is 23.4. The van der Waals surface area contributed by atoms with Crippen LogP contribution in [0.1, 0.15) is 31.9 Å². The number of nitro groups is 1. The highest BCUT2D eigenvalue weighted by atomic mass is 79.9. The number of aliphatic hydroxyl groups is 1. The second-order valence-corrected chi connectivity index (χ2v) is 5.24. The number of hydrogen-bond donors (Lipinski definition) is 2. The summed E-state index contributed by atoms with van der Waals surface area (Å²) >= 11 is 3.16. The number of nitrogens with one attached hydrogen (secondary N) is 1. The number of nitro benzene ring substituents is 1.